The first-order valence-electron chi connectivity index (χ1n) is 3.72. The highest BCUT2D eigenvalue weighted by Crippen LogP contribution is 2.27. The predicted molar refractivity (Wildman–Crippen MR) is 58.1 cm³/mol. The standard InChI is InChI=1S/C9H9BrO3S/c1-3-14(11,12)7-4-5-9(13-2)8(10)6-7/h3-6H,1H2,2H3. The lowest BCUT2D eigenvalue weighted by Crippen LogP contribution is -1.96. The van der Waals surface area contributed by atoms with Gasteiger partial charge < -0.3 is 4.74 Å². The Hall–Kier alpha value is -0.810. The zero-order valence-electron chi connectivity index (χ0n) is 7.53. The SMILES string of the molecule is C=CS(=O)(=O)c1ccc(OC)c(Br)c1. The average molecular weight is 277 g/mol. The molecule has 0 N–H and O–H groups in total. The lowest BCUT2D eigenvalue weighted by molar-refractivity contribution is 0.411. The number of sulfone groups is 1. The molecule has 1 rings (SSSR count). The van der Waals surface area contributed by atoms with Gasteiger partial charge >= 0.3 is 0 Å². The largest absolute Gasteiger partial charge is 0.496 e. The van der Waals surface area contributed by atoms with E-state index in [1.165, 1.54) is 19.2 Å². The normalized spacial score (nSPS) is 11.0. The van der Waals surface area contributed by atoms with E-state index >= 15 is 0 Å². The molecule has 0 heterocycles. The predicted octanol–water partition coefficient (Wildman–Crippen LogP) is 2.37. The summed E-state index contributed by atoms with van der Waals surface area (Å²) in [5.74, 6) is 0.591. The van der Waals surface area contributed by atoms with E-state index < -0.39 is 9.84 Å². The number of hydrogen-bond donors (Lipinski definition) is 0. The molecule has 1 aromatic rings. The zero-order chi connectivity index (χ0) is 10.8. The first-order valence-corrected chi connectivity index (χ1v) is 6.06. The Morgan fingerprint density at radius 1 is 1.50 bits per heavy atom. The second-order valence-corrected chi connectivity index (χ2v) is 5.26. The summed E-state index contributed by atoms with van der Waals surface area (Å²) in [6.45, 7) is 3.25. The highest BCUT2D eigenvalue weighted by Gasteiger charge is 2.11. The lowest BCUT2D eigenvalue weighted by atomic mass is 10.3. The van der Waals surface area contributed by atoms with Crippen molar-refractivity contribution in [3.63, 3.8) is 0 Å². The van der Waals surface area contributed by atoms with Crippen LogP contribution in [0.1, 0.15) is 0 Å². The van der Waals surface area contributed by atoms with Crippen molar-refractivity contribution in [3.8, 4) is 5.75 Å². The third kappa shape index (κ3) is 2.16. The minimum absolute atomic E-state index is 0.195. The lowest BCUT2D eigenvalue weighted by Gasteiger charge is -2.04. The fourth-order valence-electron chi connectivity index (χ4n) is 0.920. The van der Waals surface area contributed by atoms with Crippen LogP contribution in [0, 0.1) is 0 Å². The summed E-state index contributed by atoms with van der Waals surface area (Å²) in [7, 11) is -1.85. The Kier molecular flexibility index (Phi) is 3.34. The minimum atomic E-state index is -3.37. The van der Waals surface area contributed by atoms with E-state index in [0.29, 0.717) is 10.2 Å². The van der Waals surface area contributed by atoms with Gasteiger partial charge in [-0.3, -0.25) is 0 Å². The van der Waals surface area contributed by atoms with Crippen LogP contribution in [-0.4, -0.2) is 15.5 Å². The highest BCUT2D eigenvalue weighted by molar-refractivity contribution is 9.10. The number of hydrogen-bond acceptors (Lipinski definition) is 3. The zero-order valence-corrected chi connectivity index (χ0v) is 9.93. The molecule has 5 heteroatoms. The van der Waals surface area contributed by atoms with Crippen molar-refractivity contribution in [2.24, 2.45) is 0 Å². The van der Waals surface area contributed by atoms with Crippen molar-refractivity contribution in [2.75, 3.05) is 7.11 Å². The Morgan fingerprint density at radius 3 is 2.57 bits per heavy atom. The molecule has 0 aromatic heterocycles. The first kappa shape index (κ1) is 11.3. The number of ether oxygens (including phenoxy) is 1. The molecule has 1 aromatic carbocycles. The van der Waals surface area contributed by atoms with Crippen molar-refractivity contribution in [2.45, 2.75) is 4.90 Å². The maximum Gasteiger partial charge on any atom is 0.199 e. The van der Waals surface area contributed by atoms with Crippen molar-refractivity contribution < 1.29 is 13.2 Å². The summed E-state index contributed by atoms with van der Waals surface area (Å²) >= 11 is 3.21. The number of methoxy groups -OCH3 is 1. The summed E-state index contributed by atoms with van der Waals surface area (Å²) in [5, 5.41) is 0.918. The van der Waals surface area contributed by atoms with Gasteiger partial charge in [0.15, 0.2) is 9.84 Å². The topological polar surface area (TPSA) is 43.4 Å². The summed E-state index contributed by atoms with van der Waals surface area (Å²) in [5.41, 5.74) is 0. The van der Waals surface area contributed by atoms with Gasteiger partial charge in [-0.05, 0) is 34.1 Å². The van der Waals surface area contributed by atoms with Crippen LogP contribution in [0.3, 0.4) is 0 Å². The van der Waals surface area contributed by atoms with Gasteiger partial charge in [-0.2, -0.15) is 0 Å². The van der Waals surface area contributed by atoms with Crippen LogP contribution < -0.4 is 4.74 Å². The molecule has 14 heavy (non-hydrogen) atoms. The van der Waals surface area contributed by atoms with E-state index in [-0.39, 0.29) is 4.90 Å². The van der Waals surface area contributed by atoms with Crippen molar-refractivity contribution in [1.82, 2.24) is 0 Å². The van der Waals surface area contributed by atoms with Gasteiger partial charge in [-0.1, -0.05) is 6.58 Å². The Morgan fingerprint density at radius 2 is 2.14 bits per heavy atom. The number of benzene rings is 1. The second-order valence-electron chi connectivity index (χ2n) is 2.51. The molecule has 0 saturated heterocycles. The quantitative estimate of drug-likeness (QED) is 0.852. The molecule has 0 atom stereocenters. The summed E-state index contributed by atoms with van der Waals surface area (Å²) in [6, 6.07) is 4.54. The maximum atomic E-state index is 11.4. The fraction of sp³-hybridized carbons (Fsp3) is 0.111. The molecule has 0 aliphatic heterocycles. The van der Waals surface area contributed by atoms with E-state index in [1.807, 2.05) is 0 Å². The third-order valence-electron chi connectivity index (χ3n) is 1.67. The van der Waals surface area contributed by atoms with Gasteiger partial charge in [0.05, 0.1) is 16.5 Å². The van der Waals surface area contributed by atoms with Crippen molar-refractivity contribution in [1.29, 1.82) is 0 Å². The van der Waals surface area contributed by atoms with Gasteiger partial charge in [-0.15, -0.1) is 0 Å². The van der Waals surface area contributed by atoms with Crippen LogP contribution in [0.4, 0.5) is 0 Å². The summed E-state index contributed by atoms with van der Waals surface area (Å²) < 4.78 is 28.3. The first-order chi connectivity index (χ1) is 6.51. The maximum absolute atomic E-state index is 11.4. The van der Waals surface area contributed by atoms with Gasteiger partial charge in [0.25, 0.3) is 0 Å². The third-order valence-corrected chi connectivity index (χ3v) is 3.64. The van der Waals surface area contributed by atoms with E-state index in [0.717, 1.165) is 5.41 Å². The molecule has 0 amide bonds. The van der Waals surface area contributed by atoms with E-state index in [9.17, 15) is 8.42 Å². The van der Waals surface area contributed by atoms with Crippen LogP contribution in [0.15, 0.2) is 39.6 Å². The van der Waals surface area contributed by atoms with Crippen molar-refractivity contribution >= 4 is 25.8 Å². The van der Waals surface area contributed by atoms with Crippen LogP contribution in [-0.2, 0) is 9.84 Å². The van der Waals surface area contributed by atoms with Gasteiger partial charge in [0.1, 0.15) is 5.75 Å². The molecule has 3 nitrogen and oxygen atoms in total. The fourth-order valence-corrected chi connectivity index (χ4v) is 2.34. The van der Waals surface area contributed by atoms with Crippen molar-refractivity contribution in [3.05, 3.63) is 34.7 Å². The van der Waals surface area contributed by atoms with Gasteiger partial charge in [0, 0.05) is 5.41 Å². The van der Waals surface area contributed by atoms with E-state index in [1.54, 1.807) is 6.07 Å². The van der Waals surface area contributed by atoms with Crippen LogP contribution in [0.5, 0.6) is 5.75 Å². The molecule has 0 saturated carbocycles. The molecular formula is C9H9BrO3S. The smallest absolute Gasteiger partial charge is 0.199 e. The Bertz CT molecular complexity index is 451. The monoisotopic (exact) mass is 276 g/mol. The van der Waals surface area contributed by atoms with Gasteiger partial charge in [-0.25, -0.2) is 8.42 Å². The molecule has 0 fully saturated rings. The molecule has 0 spiro atoms. The second kappa shape index (κ2) is 4.14. The van der Waals surface area contributed by atoms with Gasteiger partial charge in [0.2, 0.25) is 0 Å². The van der Waals surface area contributed by atoms with Crippen LogP contribution in [0.2, 0.25) is 0 Å². The molecule has 0 aliphatic rings. The van der Waals surface area contributed by atoms with E-state index in [4.69, 9.17) is 4.74 Å². The number of halogens is 1. The molecular weight excluding hydrogens is 268 g/mol. The highest BCUT2D eigenvalue weighted by atomic mass is 79.9. The average Bonchev–Trinajstić information content (AvgIpc) is 2.17. The van der Waals surface area contributed by atoms with Crippen LogP contribution in [0.25, 0.3) is 0 Å². The van der Waals surface area contributed by atoms with E-state index in [2.05, 4.69) is 22.5 Å². The molecule has 0 radical (unpaired) electrons. The van der Waals surface area contributed by atoms with Crippen LogP contribution >= 0.6 is 15.9 Å². The Labute approximate surface area is 91.4 Å². The number of rotatable bonds is 3. The summed E-state index contributed by atoms with van der Waals surface area (Å²) in [6.07, 6.45) is 0. The molecule has 0 unspecified atom stereocenters. The Balaban J connectivity index is 3.29. The summed E-state index contributed by atoms with van der Waals surface area (Å²) in [4.78, 5) is 0.195. The molecule has 0 aliphatic carbocycles. The molecule has 76 valence electrons. The molecule has 0 bridgehead atoms. The minimum Gasteiger partial charge on any atom is -0.496 e.